The van der Waals surface area contributed by atoms with Gasteiger partial charge in [-0.15, -0.1) is 0 Å². The van der Waals surface area contributed by atoms with E-state index in [4.69, 9.17) is 11.6 Å². The summed E-state index contributed by atoms with van der Waals surface area (Å²) in [5, 5.41) is 1.75. The second-order valence-electron chi connectivity index (χ2n) is 5.40. The predicted molar refractivity (Wildman–Crippen MR) is 85.0 cm³/mol. The van der Waals surface area contributed by atoms with Crippen molar-refractivity contribution < 1.29 is 0 Å². The Balaban J connectivity index is 2.42. The van der Waals surface area contributed by atoms with Crippen molar-refractivity contribution in [2.75, 3.05) is 0 Å². The third-order valence-electron chi connectivity index (χ3n) is 3.69. The van der Waals surface area contributed by atoms with Gasteiger partial charge in [0.15, 0.2) is 0 Å². The van der Waals surface area contributed by atoms with Crippen molar-refractivity contribution in [2.24, 2.45) is 0 Å². The third kappa shape index (κ3) is 1.92. The average molecular weight is 285 g/mol. The van der Waals surface area contributed by atoms with Gasteiger partial charge in [-0.3, -0.25) is 4.57 Å². The molecule has 0 aliphatic rings. The fourth-order valence-electron chi connectivity index (χ4n) is 3.00. The molecule has 0 aliphatic heterocycles. The van der Waals surface area contributed by atoms with Crippen LogP contribution in [0, 0.1) is 27.7 Å². The van der Waals surface area contributed by atoms with Gasteiger partial charge in [0.25, 0.3) is 0 Å². The highest BCUT2D eigenvalue weighted by molar-refractivity contribution is 6.35. The maximum Gasteiger partial charge on any atom is 0.146 e. The Morgan fingerprint density at radius 3 is 2.30 bits per heavy atom. The monoisotopic (exact) mass is 284 g/mol. The lowest BCUT2D eigenvalue weighted by Crippen LogP contribution is -2.03. The van der Waals surface area contributed by atoms with E-state index in [1.807, 2.05) is 6.07 Å². The fourth-order valence-corrected chi connectivity index (χ4v) is 3.19. The van der Waals surface area contributed by atoms with E-state index in [1.54, 1.807) is 6.20 Å². The highest BCUT2D eigenvalue weighted by Gasteiger charge is 2.14. The summed E-state index contributed by atoms with van der Waals surface area (Å²) in [6, 6.07) is 8.35. The van der Waals surface area contributed by atoms with Crippen LogP contribution in [-0.4, -0.2) is 9.55 Å². The molecule has 3 heteroatoms. The van der Waals surface area contributed by atoms with Crippen molar-refractivity contribution in [3.8, 4) is 5.69 Å². The highest BCUT2D eigenvalue weighted by Crippen LogP contribution is 2.30. The Morgan fingerprint density at radius 2 is 1.65 bits per heavy atom. The summed E-state index contributed by atoms with van der Waals surface area (Å²) in [4.78, 5) is 4.52. The molecule has 1 aromatic carbocycles. The molecule has 0 saturated carbocycles. The van der Waals surface area contributed by atoms with Crippen LogP contribution in [-0.2, 0) is 0 Å². The first-order chi connectivity index (χ1) is 9.49. The number of fused-ring (bicyclic) bond motifs is 1. The molecule has 0 aliphatic carbocycles. The fraction of sp³-hybridized carbons (Fsp3) is 0.235. The van der Waals surface area contributed by atoms with Crippen molar-refractivity contribution in [3.63, 3.8) is 0 Å². The number of pyridine rings is 1. The Hall–Kier alpha value is -1.80. The Bertz CT molecular complexity index is 792. The molecule has 0 atom stereocenters. The molecule has 0 fully saturated rings. The maximum absolute atomic E-state index is 6.28. The van der Waals surface area contributed by atoms with Crippen LogP contribution in [0.4, 0.5) is 0 Å². The van der Waals surface area contributed by atoms with E-state index in [0.29, 0.717) is 0 Å². The molecule has 2 heterocycles. The van der Waals surface area contributed by atoms with Crippen LogP contribution in [0.5, 0.6) is 0 Å². The number of halogens is 1. The minimum atomic E-state index is 0.749. The molecule has 3 rings (SSSR count). The van der Waals surface area contributed by atoms with Crippen molar-refractivity contribution in [2.45, 2.75) is 27.7 Å². The van der Waals surface area contributed by atoms with E-state index in [2.05, 4.69) is 55.4 Å². The summed E-state index contributed by atoms with van der Waals surface area (Å²) in [5.41, 5.74) is 7.07. The van der Waals surface area contributed by atoms with Crippen LogP contribution in [0.15, 0.2) is 30.5 Å². The Kier molecular flexibility index (Phi) is 3.06. The van der Waals surface area contributed by atoms with Gasteiger partial charge < -0.3 is 0 Å². The van der Waals surface area contributed by atoms with E-state index >= 15 is 0 Å². The molecule has 2 nitrogen and oxygen atoms in total. The third-order valence-corrected chi connectivity index (χ3v) is 4.02. The number of rotatable bonds is 1. The molecule has 0 saturated heterocycles. The molecule has 0 unspecified atom stereocenters. The van der Waals surface area contributed by atoms with Crippen LogP contribution in [0.3, 0.4) is 0 Å². The van der Waals surface area contributed by atoms with Gasteiger partial charge in [-0.05, 0) is 51.0 Å². The van der Waals surface area contributed by atoms with Gasteiger partial charge in [-0.2, -0.15) is 0 Å². The highest BCUT2D eigenvalue weighted by atomic mass is 35.5. The topological polar surface area (TPSA) is 17.8 Å². The number of hydrogen-bond acceptors (Lipinski definition) is 1. The lowest BCUT2D eigenvalue weighted by atomic mass is 10.0. The van der Waals surface area contributed by atoms with Crippen molar-refractivity contribution >= 4 is 22.6 Å². The standard InChI is InChI=1S/C17H17ClN2/c1-10-7-11(2)16(12(3)8-10)20-13(4)9-14-15(18)5-6-19-17(14)20/h5-9H,1-4H3. The molecule has 0 spiro atoms. The van der Waals surface area contributed by atoms with E-state index in [9.17, 15) is 0 Å². The molecule has 2 aromatic heterocycles. The first-order valence-corrected chi connectivity index (χ1v) is 7.07. The zero-order valence-electron chi connectivity index (χ0n) is 12.2. The quantitative estimate of drug-likeness (QED) is 0.621. The van der Waals surface area contributed by atoms with Crippen molar-refractivity contribution in [1.82, 2.24) is 9.55 Å². The van der Waals surface area contributed by atoms with Crippen LogP contribution in [0.2, 0.25) is 5.02 Å². The Labute approximate surface area is 124 Å². The second-order valence-corrected chi connectivity index (χ2v) is 5.81. The number of nitrogens with zero attached hydrogens (tertiary/aromatic N) is 2. The van der Waals surface area contributed by atoms with Crippen LogP contribution in [0.1, 0.15) is 22.4 Å². The van der Waals surface area contributed by atoms with Crippen molar-refractivity contribution in [3.05, 3.63) is 57.9 Å². The van der Waals surface area contributed by atoms with Gasteiger partial charge in [-0.25, -0.2) is 4.98 Å². The minimum absolute atomic E-state index is 0.749. The maximum atomic E-state index is 6.28. The summed E-state index contributed by atoms with van der Waals surface area (Å²) in [7, 11) is 0. The molecule has 0 radical (unpaired) electrons. The van der Waals surface area contributed by atoms with E-state index in [-0.39, 0.29) is 0 Å². The van der Waals surface area contributed by atoms with E-state index < -0.39 is 0 Å². The summed E-state index contributed by atoms with van der Waals surface area (Å²) in [5.74, 6) is 0. The minimum Gasteiger partial charge on any atom is -0.298 e. The number of aryl methyl sites for hydroxylation is 4. The van der Waals surface area contributed by atoms with E-state index in [1.165, 1.54) is 22.4 Å². The molecule has 0 amide bonds. The van der Waals surface area contributed by atoms with Gasteiger partial charge in [0.05, 0.1) is 10.7 Å². The van der Waals surface area contributed by atoms with Crippen molar-refractivity contribution in [1.29, 1.82) is 0 Å². The van der Waals surface area contributed by atoms with Crippen LogP contribution < -0.4 is 0 Å². The van der Waals surface area contributed by atoms with Crippen LogP contribution >= 0.6 is 11.6 Å². The smallest absolute Gasteiger partial charge is 0.146 e. The predicted octanol–water partition coefficient (Wildman–Crippen LogP) is 4.91. The molecular weight excluding hydrogens is 268 g/mol. The molecular formula is C17H17ClN2. The summed E-state index contributed by atoms with van der Waals surface area (Å²) in [6.45, 7) is 8.51. The summed E-state index contributed by atoms with van der Waals surface area (Å²) < 4.78 is 2.20. The van der Waals surface area contributed by atoms with Gasteiger partial charge in [0.2, 0.25) is 0 Å². The lowest BCUT2D eigenvalue weighted by molar-refractivity contribution is 0.999. The van der Waals surface area contributed by atoms with Gasteiger partial charge in [0, 0.05) is 17.3 Å². The number of hydrogen-bond donors (Lipinski definition) is 0. The number of benzene rings is 1. The van der Waals surface area contributed by atoms with Gasteiger partial charge in [-0.1, -0.05) is 29.3 Å². The molecule has 102 valence electrons. The number of aromatic nitrogens is 2. The second kappa shape index (κ2) is 4.64. The normalized spacial score (nSPS) is 11.2. The SMILES string of the molecule is Cc1cc(C)c(-n2c(C)cc3c(Cl)ccnc32)c(C)c1. The summed E-state index contributed by atoms with van der Waals surface area (Å²) in [6.07, 6.45) is 1.76. The molecule has 20 heavy (non-hydrogen) atoms. The molecule has 3 aromatic rings. The van der Waals surface area contributed by atoms with Gasteiger partial charge in [0.1, 0.15) is 5.65 Å². The molecule has 0 bridgehead atoms. The summed E-state index contributed by atoms with van der Waals surface area (Å²) >= 11 is 6.28. The van der Waals surface area contributed by atoms with E-state index in [0.717, 1.165) is 21.7 Å². The first-order valence-electron chi connectivity index (χ1n) is 6.70. The van der Waals surface area contributed by atoms with Gasteiger partial charge >= 0.3 is 0 Å². The first kappa shape index (κ1) is 13.2. The average Bonchev–Trinajstić information content (AvgIpc) is 2.67. The zero-order valence-corrected chi connectivity index (χ0v) is 12.9. The molecule has 0 N–H and O–H groups in total. The Morgan fingerprint density at radius 1 is 1.00 bits per heavy atom. The van der Waals surface area contributed by atoms with Crippen LogP contribution in [0.25, 0.3) is 16.7 Å². The lowest BCUT2D eigenvalue weighted by Gasteiger charge is -2.15. The largest absolute Gasteiger partial charge is 0.298 e. The zero-order chi connectivity index (χ0) is 14.4.